The summed E-state index contributed by atoms with van der Waals surface area (Å²) in [6.45, 7) is 5.63. The Hall–Kier alpha value is -2.35. The number of alkyl carbamates (subject to hydrolysis) is 1. The number of hydrogen-bond donors (Lipinski definition) is 2. The van der Waals surface area contributed by atoms with Crippen LogP contribution < -0.4 is 10.6 Å². The molecule has 0 bridgehead atoms. The first kappa shape index (κ1) is 19.0. The smallest absolute Gasteiger partial charge is 0.407 e. The molecule has 2 rings (SSSR count). The third-order valence-corrected chi connectivity index (χ3v) is 4.69. The molecule has 0 aromatic heterocycles. The standard InChI is InChI=1S/C17H22N2O5S/c1-17(2,3)24-16(21)18-10-12-4-6-13(7-5-12)15(20)19-14-8-9-25(22,23)11-14/h4-9,14H,10-11H2,1-3H3,(H,18,21)(H,19,20). The van der Waals surface area contributed by atoms with Gasteiger partial charge in [0.15, 0.2) is 9.84 Å². The van der Waals surface area contributed by atoms with Crippen LogP contribution in [0, 0.1) is 0 Å². The predicted molar refractivity (Wildman–Crippen MR) is 93.7 cm³/mol. The van der Waals surface area contributed by atoms with Crippen LogP contribution >= 0.6 is 0 Å². The Labute approximate surface area is 147 Å². The summed E-state index contributed by atoms with van der Waals surface area (Å²) >= 11 is 0. The summed E-state index contributed by atoms with van der Waals surface area (Å²) in [5.74, 6) is -0.463. The van der Waals surface area contributed by atoms with Crippen LogP contribution in [0.3, 0.4) is 0 Å². The minimum atomic E-state index is -3.21. The molecule has 1 heterocycles. The molecule has 1 aliphatic heterocycles. The summed E-state index contributed by atoms with van der Waals surface area (Å²) in [4.78, 5) is 23.7. The number of sulfone groups is 1. The molecule has 0 radical (unpaired) electrons. The van der Waals surface area contributed by atoms with Crippen LogP contribution in [0.1, 0.15) is 36.7 Å². The van der Waals surface area contributed by atoms with Gasteiger partial charge in [-0.3, -0.25) is 4.79 Å². The van der Waals surface area contributed by atoms with Crippen LogP contribution in [0.4, 0.5) is 4.79 Å². The Morgan fingerprint density at radius 2 is 1.84 bits per heavy atom. The first-order valence-electron chi connectivity index (χ1n) is 7.82. The van der Waals surface area contributed by atoms with Crippen molar-refractivity contribution >= 4 is 21.8 Å². The van der Waals surface area contributed by atoms with E-state index in [1.165, 1.54) is 6.08 Å². The van der Waals surface area contributed by atoms with E-state index in [9.17, 15) is 18.0 Å². The largest absolute Gasteiger partial charge is 0.444 e. The van der Waals surface area contributed by atoms with Crippen molar-refractivity contribution in [3.05, 3.63) is 46.9 Å². The Kier molecular flexibility index (Phi) is 5.52. The van der Waals surface area contributed by atoms with E-state index in [0.29, 0.717) is 5.56 Å². The molecule has 0 saturated carbocycles. The van der Waals surface area contributed by atoms with Gasteiger partial charge >= 0.3 is 6.09 Å². The topological polar surface area (TPSA) is 102 Å². The number of amides is 2. The Balaban J connectivity index is 1.86. The van der Waals surface area contributed by atoms with Gasteiger partial charge in [0, 0.05) is 17.5 Å². The number of carbonyl (C=O) groups excluding carboxylic acids is 2. The molecular weight excluding hydrogens is 344 g/mol. The van der Waals surface area contributed by atoms with Crippen LogP contribution in [0.5, 0.6) is 0 Å². The second kappa shape index (κ2) is 7.26. The molecule has 1 aromatic carbocycles. The van der Waals surface area contributed by atoms with E-state index in [4.69, 9.17) is 4.74 Å². The van der Waals surface area contributed by atoms with Gasteiger partial charge in [-0.25, -0.2) is 13.2 Å². The van der Waals surface area contributed by atoms with Crippen molar-refractivity contribution in [2.24, 2.45) is 0 Å². The highest BCUT2D eigenvalue weighted by Gasteiger charge is 2.23. The lowest BCUT2D eigenvalue weighted by atomic mass is 10.1. The summed E-state index contributed by atoms with van der Waals surface area (Å²) in [6.07, 6.45) is 0.954. The molecular formula is C17H22N2O5S. The van der Waals surface area contributed by atoms with Gasteiger partial charge in [-0.1, -0.05) is 12.1 Å². The van der Waals surface area contributed by atoms with Crippen molar-refractivity contribution in [1.29, 1.82) is 0 Å². The van der Waals surface area contributed by atoms with E-state index in [2.05, 4.69) is 10.6 Å². The molecule has 25 heavy (non-hydrogen) atoms. The second-order valence-electron chi connectivity index (χ2n) is 6.79. The van der Waals surface area contributed by atoms with Gasteiger partial charge in [0.2, 0.25) is 0 Å². The average Bonchev–Trinajstić information content (AvgIpc) is 2.83. The normalized spacial score (nSPS) is 18.6. The monoisotopic (exact) mass is 366 g/mol. The van der Waals surface area contributed by atoms with Crippen molar-refractivity contribution < 1.29 is 22.7 Å². The van der Waals surface area contributed by atoms with Gasteiger partial charge in [-0.15, -0.1) is 0 Å². The van der Waals surface area contributed by atoms with Crippen LogP contribution in [-0.4, -0.2) is 37.8 Å². The summed E-state index contributed by atoms with van der Waals surface area (Å²) in [6, 6.07) is 6.16. The maximum absolute atomic E-state index is 12.1. The Bertz CT molecular complexity index is 776. The van der Waals surface area contributed by atoms with E-state index in [0.717, 1.165) is 11.0 Å². The number of nitrogens with one attached hydrogen (secondary N) is 2. The lowest BCUT2D eigenvalue weighted by molar-refractivity contribution is 0.0523. The van der Waals surface area contributed by atoms with Gasteiger partial charge < -0.3 is 15.4 Å². The van der Waals surface area contributed by atoms with Crippen LogP contribution in [0.2, 0.25) is 0 Å². The summed E-state index contributed by atoms with van der Waals surface area (Å²) in [5.41, 5.74) is 0.665. The molecule has 136 valence electrons. The second-order valence-corrected chi connectivity index (χ2v) is 8.72. The number of rotatable bonds is 4. The molecule has 0 fully saturated rings. The predicted octanol–water partition coefficient (Wildman–Crippen LogP) is 1.75. The zero-order valence-electron chi connectivity index (χ0n) is 14.4. The van der Waals surface area contributed by atoms with Crippen LogP contribution in [0.15, 0.2) is 35.7 Å². The Morgan fingerprint density at radius 3 is 2.36 bits per heavy atom. The van der Waals surface area contributed by atoms with Crippen molar-refractivity contribution in [2.45, 2.75) is 39.0 Å². The van der Waals surface area contributed by atoms with Crippen molar-refractivity contribution in [3.63, 3.8) is 0 Å². The van der Waals surface area contributed by atoms with E-state index >= 15 is 0 Å². The fourth-order valence-electron chi connectivity index (χ4n) is 2.18. The van der Waals surface area contributed by atoms with E-state index in [1.54, 1.807) is 45.0 Å². The first-order chi connectivity index (χ1) is 11.5. The van der Waals surface area contributed by atoms with E-state index in [-0.39, 0.29) is 18.2 Å². The summed E-state index contributed by atoms with van der Waals surface area (Å²) in [5, 5.41) is 6.40. The van der Waals surface area contributed by atoms with Crippen molar-refractivity contribution in [2.75, 3.05) is 5.75 Å². The SMILES string of the molecule is CC(C)(C)OC(=O)NCc1ccc(C(=O)NC2C=CS(=O)(=O)C2)cc1. The number of ether oxygens (including phenoxy) is 1. The first-order valence-corrected chi connectivity index (χ1v) is 9.53. The zero-order chi connectivity index (χ0) is 18.7. The molecule has 1 aromatic rings. The molecule has 1 atom stereocenters. The molecule has 2 amide bonds. The van der Waals surface area contributed by atoms with Gasteiger partial charge in [0.05, 0.1) is 11.8 Å². The van der Waals surface area contributed by atoms with Gasteiger partial charge in [-0.2, -0.15) is 0 Å². The summed E-state index contributed by atoms with van der Waals surface area (Å²) in [7, 11) is -3.21. The van der Waals surface area contributed by atoms with Gasteiger partial charge in [-0.05, 0) is 44.5 Å². The van der Waals surface area contributed by atoms with E-state index < -0.39 is 27.6 Å². The Morgan fingerprint density at radius 1 is 1.20 bits per heavy atom. The highest BCUT2D eigenvalue weighted by Crippen LogP contribution is 2.11. The highest BCUT2D eigenvalue weighted by molar-refractivity contribution is 7.94. The molecule has 1 aliphatic rings. The van der Waals surface area contributed by atoms with Gasteiger partial charge in [0.1, 0.15) is 5.60 Å². The van der Waals surface area contributed by atoms with Crippen molar-refractivity contribution in [3.8, 4) is 0 Å². The molecule has 0 spiro atoms. The number of hydrogen-bond acceptors (Lipinski definition) is 5. The minimum Gasteiger partial charge on any atom is -0.444 e. The fraction of sp³-hybridized carbons (Fsp3) is 0.412. The third-order valence-electron chi connectivity index (χ3n) is 3.30. The molecule has 0 saturated heterocycles. The number of carbonyl (C=O) groups is 2. The van der Waals surface area contributed by atoms with Crippen LogP contribution in [-0.2, 0) is 21.1 Å². The lowest BCUT2D eigenvalue weighted by Gasteiger charge is -2.19. The molecule has 7 nitrogen and oxygen atoms in total. The maximum atomic E-state index is 12.1. The molecule has 0 aliphatic carbocycles. The quantitative estimate of drug-likeness (QED) is 0.845. The molecule has 2 N–H and O–H groups in total. The average molecular weight is 366 g/mol. The van der Waals surface area contributed by atoms with Gasteiger partial charge in [0.25, 0.3) is 5.91 Å². The molecule has 8 heteroatoms. The minimum absolute atomic E-state index is 0.114. The summed E-state index contributed by atoms with van der Waals surface area (Å²) < 4.78 is 27.8. The zero-order valence-corrected chi connectivity index (χ0v) is 15.2. The highest BCUT2D eigenvalue weighted by atomic mass is 32.2. The number of benzene rings is 1. The molecule has 1 unspecified atom stereocenters. The maximum Gasteiger partial charge on any atom is 0.407 e. The van der Waals surface area contributed by atoms with Crippen LogP contribution in [0.25, 0.3) is 0 Å². The van der Waals surface area contributed by atoms with E-state index in [1.807, 2.05) is 0 Å². The third kappa shape index (κ3) is 6.22. The van der Waals surface area contributed by atoms with Crippen molar-refractivity contribution in [1.82, 2.24) is 10.6 Å². The fourth-order valence-corrected chi connectivity index (χ4v) is 3.42. The lowest BCUT2D eigenvalue weighted by Crippen LogP contribution is -2.35.